The lowest BCUT2D eigenvalue weighted by atomic mass is 10.1. The number of hydrogen-bond acceptors (Lipinski definition) is 3. The third-order valence-corrected chi connectivity index (χ3v) is 2.03. The molecule has 4 nitrogen and oxygen atoms in total. The number of nitrogen functional groups attached to an aromatic ring is 1. The normalized spacial score (nSPS) is 10.8. The molecule has 1 heterocycles. The van der Waals surface area contributed by atoms with Gasteiger partial charge in [-0.15, -0.1) is 0 Å². The quantitative estimate of drug-likeness (QED) is 0.646. The standard InChI is InChI=1S/C9H10N2O2/c1-2-5-3-6(10)8-7(4-5)13-9(12)11-8/h3-4H,2,10H2,1H3,(H,11,12). The summed E-state index contributed by atoms with van der Waals surface area (Å²) < 4.78 is 4.90. The maximum absolute atomic E-state index is 10.9. The van der Waals surface area contributed by atoms with Crippen molar-refractivity contribution in [1.29, 1.82) is 0 Å². The zero-order valence-electron chi connectivity index (χ0n) is 7.26. The average molecular weight is 178 g/mol. The fourth-order valence-electron chi connectivity index (χ4n) is 1.34. The Morgan fingerprint density at radius 2 is 2.31 bits per heavy atom. The van der Waals surface area contributed by atoms with Crippen LogP contribution in [0.15, 0.2) is 21.3 Å². The summed E-state index contributed by atoms with van der Waals surface area (Å²) >= 11 is 0. The van der Waals surface area contributed by atoms with Crippen LogP contribution in [-0.2, 0) is 6.42 Å². The summed E-state index contributed by atoms with van der Waals surface area (Å²) in [6, 6.07) is 3.66. The molecule has 0 bridgehead atoms. The zero-order chi connectivity index (χ0) is 9.42. The fraction of sp³-hybridized carbons (Fsp3) is 0.222. The smallest absolute Gasteiger partial charge is 0.408 e. The number of benzene rings is 1. The number of H-pyrrole nitrogens is 1. The molecule has 0 amide bonds. The molecule has 68 valence electrons. The Kier molecular flexibility index (Phi) is 1.62. The minimum absolute atomic E-state index is 0.463. The molecule has 4 heteroatoms. The molecule has 1 aromatic heterocycles. The maximum atomic E-state index is 10.9. The number of aromatic nitrogens is 1. The Morgan fingerprint density at radius 1 is 1.54 bits per heavy atom. The highest BCUT2D eigenvalue weighted by atomic mass is 16.4. The number of oxazole rings is 1. The number of hydrogen-bond donors (Lipinski definition) is 2. The predicted molar refractivity (Wildman–Crippen MR) is 50.6 cm³/mol. The minimum atomic E-state index is -0.463. The van der Waals surface area contributed by atoms with Crippen LogP contribution in [0.5, 0.6) is 0 Å². The van der Waals surface area contributed by atoms with Crippen LogP contribution in [0.1, 0.15) is 12.5 Å². The van der Waals surface area contributed by atoms with E-state index in [1.807, 2.05) is 19.1 Å². The predicted octanol–water partition coefficient (Wildman–Crippen LogP) is 1.27. The van der Waals surface area contributed by atoms with E-state index in [1.54, 1.807) is 0 Å². The number of fused-ring (bicyclic) bond motifs is 1. The molecule has 0 aliphatic carbocycles. The minimum Gasteiger partial charge on any atom is -0.408 e. The molecular formula is C9H10N2O2. The summed E-state index contributed by atoms with van der Waals surface area (Å²) in [5.41, 5.74) is 8.45. The van der Waals surface area contributed by atoms with Gasteiger partial charge in [0.25, 0.3) is 0 Å². The lowest BCUT2D eigenvalue weighted by Crippen LogP contribution is -1.94. The average Bonchev–Trinajstić information content (AvgIpc) is 2.46. The van der Waals surface area contributed by atoms with E-state index in [-0.39, 0.29) is 0 Å². The van der Waals surface area contributed by atoms with E-state index in [9.17, 15) is 4.79 Å². The van der Waals surface area contributed by atoms with Gasteiger partial charge in [-0.1, -0.05) is 6.92 Å². The van der Waals surface area contributed by atoms with Crippen molar-refractivity contribution in [3.05, 3.63) is 28.2 Å². The van der Waals surface area contributed by atoms with E-state index in [0.717, 1.165) is 12.0 Å². The highest BCUT2D eigenvalue weighted by Gasteiger charge is 2.05. The van der Waals surface area contributed by atoms with Gasteiger partial charge >= 0.3 is 5.76 Å². The molecule has 0 spiro atoms. The van der Waals surface area contributed by atoms with Crippen LogP contribution in [0.2, 0.25) is 0 Å². The fourth-order valence-corrected chi connectivity index (χ4v) is 1.34. The monoisotopic (exact) mass is 178 g/mol. The van der Waals surface area contributed by atoms with E-state index < -0.39 is 5.76 Å². The van der Waals surface area contributed by atoms with Crippen LogP contribution < -0.4 is 11.5 Å². The van der Waals surface area contributed by atoms with Crippen LogP contribution in [-0.4, -0.2) is 4.98 Å². The van der Waals surface area contributed by atoms with Gasteiger partial charge in [0.1, 0.15) is 5.52 Å². The Morgan fingerprint density at radius 3 is 3.00 bits per heavy atom. The van der Waals surface area contributed by atoms with Crippen LogP contribution >= 0.6 is 0 Å². The zero-order valence-corrected chi connectivity index (χ0v) is 7.26. The van der Waals surface area contributed by atoms with Gasteiger partial charge in [-0.05, 0) is 24.1 Å². The van der Waals surface area contributed by atoms with Gasteiger partial charge < -0.3 is 10.2 Å². The van der Waals surface area contributed by atoms with Gasteiger partial charge in [0.2, 0.25) is 0 Å². The molecule has 0 saturated heterocycles. The van der Waals surface area contributed by atoms with Gasteiger partial charge in [-0.25, -0.2) is 4.79 Å². The number of anilines is 1. The van der Waals surface area contributed by atoms with Crippen molar-refractivity contribution in [1.82, 2.24) is 4.98 Å². The molecule has 0 saturated carbocycles. The van der Waals surface area contributed by atoms with Crippen LogP contribution in [0.25, 0.3) is 11.1 Å². The highest BCUT2D eigenvalue weighted by molar-refractivity contribution is 5.85. The molecule has 0 atom stereocenters. The van der Waals surface area contributed by atoms with Crippen molar-refractivity contribution in [2.24, 2.45) is 0 Å². The molecule has 2 rings (SSSR count). The van der Waals surface area contributed by atoms with Crippen molar-refractivity contribution in [3.8, 4) is 0 Å². The molecule has 13 heavy (non-hydrogen) atoms. The SMILES string of the molecule is CCc1cc(N)c2[nH]c(=O)oc2c1. The Labute approximate surface area is 74.4 Å². The first-order valence-corrected chi connectivity index (χ1v) is 4.12. The lowest BCUT2D eigenvalue weighted by Gasteiger charge is -1.98. The number of aryl methyl sites for hydroxylation is 1. The highest BCUT2D eigenvalue weighted by Crippen LogP contribution is 2.20. The van der Waals surface area contributed by atoms with Crippen molar-refractivity contribution < 1.29 is 4.42 Å². The first kappa shape index (κ1) is 7.91. The molecular weight excluding hydrogens is 168 g/mol. The maximum Gasteiger partial charge on any atom is 0.417 e. The number of nitrogens with two attached hydrogens (primary N) is 1. The Bertz CT molecular complexity index is 496. The van der Waals surface area contributed by atoms with Gasteiger partial charge in [-0.3, -0.25) is 4.98 Å². The van der Waals surface area contributed by atoms with Crippen LogP contribution in [0.3, 0.4) is 0 Å². The molecule has 3 N–H and O–H groups in total. The second-order valence-corrected chi connectivity index (χ2v) is 2.93. The van der Waals surface area contributed by atoms with Crippen LogP contribution in [0.4, 0.5) is 5.69 Å². The number of nitrogens with one attached hydrogen (secondary N) is 1. The first-order valence-electron chi connectivity index (χ1n) is 4.12. The summed E-state index contributed by atoms with van der Waals surface area (Å²) in [5.74, 6) is -0.463. The second-order valence-electron chi connectivity index (χ2n) is 2.93. The summed E-state index contributed by atoms with van der Waals surface area (Å²) in [5, 5.41) is 0. The van der Waals surface area contributed by atoms with E-state index in [2.05, 4.69) is 4.98 Å². The summed E-state index contributed by atoms with van der Waals surface area (Å²) in [4.78, 5) is 13.4. The summed E-state index contributed by atoms with van der Waals surface area (Å²) in [6.45, 7) is 2.02. The Hall–Kier alpha value is -1.71. The van der Waals surface area contributed by atoms with E-state index in [1.165, 1.54) is 0 Å². The van der Waals surface area contributed by atoms with Gasteiger partial charge in [0.15, 0.2) is 5.58 Å². The Balaban J connectivity index is 2.83. The van der Waals surface area contributed by atoms with Crippen molar-refractivity contribution in [3.63, 3.8) is 0 Å². The van der Waals surface area contributed by atoms with E-state index in [4.69, 9.17) is 10.2 Å². The topological polar surface area (TPSA) is 72.0 Å². The van der Waals surface area contributed by atoms with E-state index >= 15 is 0 Å². The van der Waals surface area contributed by atoms with Gasteiger partial charge in [0.05, 0.1) is 5.69 Å². The molecule has 0 radical (unpaired) electrons. The lowest BCUT2D eigenvalue weighted by molar-refractivity contribution is 0.555. The molecule has 0 unspecified atom stereocenters. The summed E-state index contributed by atoms with van der Waals surface area (Å²) in [6.07, 6.45) is 0.870. The molecule has 0 fully saturated rings. The largest absolute Gasteiger partial charge is 0.417 e. The van der Waals surface area contributed by atoms with Crippen molar-refractivity contribution in [2.75, 3.05) is 5.73 Å². The third-order valence-electron chi connectivity index (χ3n) is 2.03. The number of rotatable bonds is 1. The van der Waals surface area contributed by atoms with Crippen molar-refractivity contribution >= 4 is 16.8 Å². The van der Waals surface area contributed by atoms with Crippen molar-refractivity contribution in [2.45, 2.75) is 13.3 Å². The third kappa shape index (κ3) is 1.20. The molecule has 0 aliphatic rings. The molecule has 1 aromatic carbocycles. The van der Waals surface area contributed by atoms with Crippen LogP contribution in [0, 0.1) is 0 Å². The van der Waals surface area contributed by atoms with E-state index in [0.29, 0.717) is 16.8 Å². The first-order chi connectivity index (χ1) is 6.20. The molecule has 0 aliphatic heterocycles. The second kappa shape index (κ2) is 2.65. The van der Waals surface area contributed by atoms with Gasteiger partial charge in [0, 0.05) is 0 Å². The van der Waals surface area contributed by atoms with Gasteiger partial charge in [-0.2, -0.15) is 0 Å². The summed E-state index contributed by atoms with van der Waals surface area (Å²) in [7, 11) is 0. The number of aromatic amines is 1. The molecule has 2 aromatic rings.